The van der Waals surface area contributed by atoms with Crippen molar-refractivity contribution in [1.82, 2.24) is 15.6 Å². The summed E-state index contributed by atoms with van der Waals surface area (Å²) in [5.41, 5.74) is 3.03. The fraction of sp³-hybridized carbons (Fsp3) is 0.267. The molecule has 0 spiro atoms. The fourth-order valence-corrected chi connectivity index (χ4v) is 2.50. The van der Waals surface area contributed by atoms with E-state index in [-0.39, 0.29) is 24.0 Å². The third kappa shape index (κ3) is 5.76. The Morgan fingerprint density at radius 2 is 2.17 bits per heavy atom. The number of rotatable bonds is 7. The topological polar surface area (TPSA) is 117 Å². The molecular formula is C15H17N5O3S. The van der Waals surface area contributed by atoms with Crippen LogP contribution in [0.3, 0.4) is 0 Å². The molecule has 126 valence electrons. The van der Waals surface area contributed by atoms with Gasteiger partial charge in [0.2, 0.25) is 16.9 Å². The molecule has 2 rings (SSSR count). The maximum Gasteiger partial charge on any atom is 0.247 e. The van der Waals surface area contributed by atoms with E-state index < -0.39 is 0 Å². The van der Waals surface area contributed by atoms with Gasteiger partial charge in [0, 0.05) is 6.42 Å². The summed E-state index contributed by atoms with van der Waals surface area (Å²) in [7, 11) is 0. The number of nitrogens with zero attached hydrogens (tertiary/aromatic N) is 3. The highest BCUT2D eigenvalue weighted by Crippen LogP contribution is 2.16. The normalized spacial score (nSPS) is 10.7. The first-order chi connectivity index (χ1) is 11.6. The zero-order valence-corrected chi connectivity index (χ0v) is 13.8. The second kappa shape index (κ2) is 8.73. The van der Waals surface area contributed by atoms with E-state index >= 15 is 0 Å². The molecule has 0 aliphatic carbocycles. The van der Waals surface area contributed by atoms with Crippen LogP contribution < -0.4 is 10.7 Å². The van der Waals surface area contributed by atoms with Gasteiger partial charge in [0.15, 0.2) is 0 Å². The summed E-state index contributed by atoms with van der Waals surface area (Å²) >= 11 is 1.15. The van der Waals surface area contributed by atoms with Crippen LogP contribution in [0.4, 0.5) is 5.13 Å². The number of anilines is 1. The highest BCUT2D eigenvalue weighted by atomic mass is 32.1. The number of nitrogens with one attached hydrogen (secondary N) is 2. The lowest BCUT2D eigenvalue weighted by Gasteiger charge is -1.98. The van der Waals surface area contributed by atoms with Crippen LogP contribution in [-0.4, -0.2) is 33.3 Å². The number of hydrogen-bond acceptors (Lipinski definition) is 7. The Morgan fingerprint density at radius 1 is 1.33 bits per heavy atom. The molecule has 2 aromatic rings. The number of benzene rings is 1. The van der Waals surface area contributed by atoms with E-state index in [4.69, 9.17) is 0 Å². The van der Waals surface area contributed by atoms with E-state index in [1.165, 1.54) is 12.3 Å². The second-order valence-corrected chi connectivity index (χ2v) is 5.93. The number of aromatic hydroxyl groups is 1. The molecule has 1 aromatic heterocycles. The summed E-state index contributed by atoms with van der Waals surface area (Å²) in [4.78, 5) is 23.2. The summed E-state index contributed by atoms with van der Waals surface area (Å²) in [6.45, 7) is 1.91. The number of carbonyl (C=O) groups excluding carboxylic acids is 2. The number of carbonyl (C=O) groups is 2. The van der Waals surface area contributed by atoms with Gasteiger partial charge in [-0.25, -0.2) is 5.43 Å². The van der Waals surface area contributed by atoms with E-state index in [1.54, 1.807) is 18.2 Å². The highest BCUT2D eigenvalue weighted by Gasteiger charge is 2.10. The molecule has 1 heterocycles. The molecule has 2 amide bonds. The Kier molecular flexibility index (Phi) is 6.38. The average molecular weight is 347 g/mol. The average Bonchev–Trinajstić information content (AvgIpc) is 2.94. The van der Waals surface area contributed by atoms with Crippen LogP contribution in [0, 0.1) is 0 Å². The molecule has 24 heavy (non-hydrogen) atoms. The molecule has 8 nitrogen and oxygen atoms in total. The van der Waals surface area contributed by atoms with E-state index in [0.29, 0.717) is 22.1 Å². The van der Waals surface area contributed by atoms with Crippen molar-refractivity contribution in [1.29, 1.82) is 0 Å². The van der Waals surface area contributed by atoms with Gasteiger partial charge in [-0.15, -0.1) is 10.2 Å². The molecule has 0 saturated carbocycles. The maximum atomic E-state index is 11.8. The Labute approximate surface area is 142 Å². The minimum absolute atomic E-state index is 0.0126. The first kappa shape index (κ1) is 17.5. The Balaban J connectivity index is 1.82. The van der Waals surface area contributed by atoms with Gasteiger partial charge in [-0.1, -0.05) is 30.4 Å². The van der Waals surface area contributed by atoms with Crippen LogP contribution in [0.15, 0.2) is 29.4 Å². The van der Waals surface area contributed by atoms with Crippen molar-refractivity contribution in [3.05, 3.63) is 34.8 Å². The molecular weight excluding hydrogens is 330 g/mol. The first-order valence-electron chi connectivity index (χ1n) is 7.30. The predicted molar refractivity (Wildman–Crippen MR) is 91.0 cm³/mol. The SMILES string of the molecule is CCCC(=O)Nc1nnc(CC(=O)N/N=C\c2cccc(O)c2)s1. The maximum absolute atomic E-state index is 11.8. The van der Waals surface area contributed by atoms with Gasteiger partial charge >= 0.3 is 0 Å². The molecule has 0 aliphatic rings. The van der Waals surface area contributed by atoms with Gasteiger partial charge in [-0.3, -0.25) is 9.59 Å². The summed E-state index contributed by atoms with van der Waals surface area (Å²) in [6.07, 6.45) is 2.60. The van der Waals surface area contributed by atoms with Gasteiger partial charge in [0.25, 0.3) is 0 Å². The number of phenols is 1. The molecule has 0 radical (unpaired) electrons. The Bertz CT molecular complexity index is 744. The number of hydrazone groups is 1. The van der Waals surface area contributed by atoms with E-state index in [2.05, 4.69) is 26.0 Å². The lowest BCUT2D eigenvalue weighted by molar-refractivity contribution is -0.120. The molecule has 3 N–H and O–H groups in total. The van der Waals surface area contributed by atoms with Gasteiger partial charge in [-0.2, -0.15) is 5.10 Å². The number of hydrogen-bond donors (Lipinski definition) is 3. The highest BCUT2D eigenvalue weighted by molar-refractivity contribution is 7.15. The minimum Gasteiger partial charge on any atom is -0.508 e. The summed E-state index contributed by atoms with van der Waals surface area (Å²) in [6, 6.07) is 6.48. The van der Waals surface area contributed by atoms with Gasteiger partial charge in [0.05, 0.1) is 12.6 Å². The van der Waals surface area contributed by atoms with Crippen molar-refractivity contribution < 1.29 is 14.7 Å². The van der Waals surface area contributed by atoms with Gasteiger partial charge < -0.3 is 10.4 Å². The molecule has 0 saturated heterocycles. The standard InChI is InChI=1S/C15H17N5O3S/c1-2-4-12(22)17-15-20-19-14(24-15)8-13(23)18-16-9-10-5-3-6-11(21)7-10/h3,5-7,9,21H,2,4,8H2,1H3,(H,18,23)(H,17,20,22)/b16-9-. The van der Waals surface area contributed by atoms with Crippen LogP contribution in [0.1, 0.15) is 30.3 Å². The molecule has 0 unspecified atom stereocenters. The lowest BCUT2D eigenvalue weighted by Crippen LogP contribution is -2.19. The molecule has 0 atom stereocenters. The third-order valence-corrected chi connectivity index (χ3v) is 3.61. The molecule has 0 fully saturated rings. The zero-order chi connectivity index (χ0) is 17.4. The third-order valence-electron chi connectivity index (χ3n) is 2.78. The molecule has 0 bridgehead atoms. The first-order valence-corrected chi connectivity index (χ1v) is 8.11. The van der Waals surface area contributed by atoms with Crippen molar-refractivity contribution in [2.75, 3.05) is 5.32 Å². The monoisotopic (exact) mass is 347 g/mol. The number of phenolic OH excluding ortho intramolecular Hbond substituents is 1. The van der Waals surface area contributed by atoms with Crippen LogP contribution >= 0.6 is 11.3 Å². The predicted octanol–water partition coefficient (Wildman–Crippen LogP) is 1.68. The van der Waals surface area contributed by atoms with Crippen molar-refractivity contribution in [2.45, 2.75) is 26.2 Å². The Hall–Kier alpha value is -2.81. The number of amides is 2. The zero-order valence-electron chi connectivity index (χ0n) is 13.0. The van der Waals surface area contributed by atoms with E-state index in [1.807, 2.05) is 6.92 Å². The molecule has 9 heteroatoms. The number of aromatic nitrogens is 2. The van der Waals surface area contributed by atoms with Crippen LogP contribution in [0.5, 0.6) is 5.75 Å². The van der Waals surface area contributed by atoms with Crippen LogP contribution in [0.25, 0.3) is 0 Å². The largest absolute Gasteiger partial charge is 0.508 e. The van der Waals surface area contributed by atoms with Crippen molar-refractivity contribution in [3.8, 4) is 5.75 Å². The van der Waals surface area contributed by atoms with Gasteiger partial charge in [0.1, 0.15) is 10.8 Å². The minimum atomic E-state index is -0.353. The second-order valence-electron chi connectivity index (χ2n) is 4.86. The van der Waals surface area contributed by atoms with Crippen molar-refractivity contribution in [3.63, 3.8) is 0 Å². The molecule has 1 aromatic carbocycles. The quantitative estimate of drug-likeness (QED) is 0.520. The summed E-state index contributed by atoms with van der Waals surface area (Å²) in [5, 5.41) is 24.3. The van der Waals surface area contributed by atoms with Crippen LogP contribution in [-0.2, 0) is 16.0 Å². The van der Waals surface area contributed by atoms with E-state index in [9.17, 15) is 14.7 Å². The van der Waals surface area contributed by atoms with Crippen molar-refractivity contribution in [2.24, 2.45) is 5.10 Å². The summed E-state index contributed by atoms with van der Waals surface area (Å²) < 4.78 is 0. The van der Waals surface area contributed by atoms with Crippen LogP contribution in [0.2, 0.25) is 0 Å². The van der Waals surface area contributed by atoms with E-state index in [0.717, 1.165) is 17.8 Å². The molecule has 0 aliphatic heterocycles. The Morgan fingerprint density at radius 3 is 2.92 bits per heavy atom. The summed E-state index contributed by atoms with van der Waals surface area (Å²) in [5.74, 6) is -0.355. The van der Waals surface area contributed by atoms with Crippen molar-refractivity contribution >= 4 is 34.5 Å². The lowest BCUT2D eigenvalue weighted by atomic mass is 10.2. The van der Waals surface area contributed by atoms with Gasteiger partial charge in [-0.05, 0) is 24.1 Å². The fourth-order valence-electron chi connectivity index (χ4n) is 1.75. The smallest absolute Gasteiger partial charge is 0.247 e.